The lowest BCUT2D eigenvalue weighted by atomic mass is 9.89. The molecule has 1 aliphatic carbocycles. The predicted octanol–water partition coefficient (Wildman–Crippen LogP) is 7.82. The zero-order chi connectivity index (χ0) is 22.5. The van der Waals surface area contributed by atoms with Crippen LogP contribution in [0.3, 0.4) is 0 Å². The summed E-state index contributed by atoms with van der Waals surface area (Å²) < 4.78 is 11.1. The summed E-state index contributed by atoms with van der Waals surface area (Å²) in [5, 5.41) is 6.80. The van der Waals surface area contributed by atoms with Gasteiger partial charge in [-0.1, -0.05) is 70.6 Å². The molecule has 3 nitrogen and oxygen atoms in total. The van der Waals surface area contributed by atoms with Gasteiger partial charge in [-0.15, -0.1) is 0 Å². The monoisotopic (exact) mass is 495 g/mol. The maximum atomic E-state index is 5.55. The van der Waals surface area contributed by atoms with Crippen molar-refractivity contribution in [3.05, 3.63) is 84.5 Å². The Morgan fingerprint density at radius 2 is 1.30 bits per heavy atom. The van der Waals surface area contributed by atoms with E-state index in [2.05, 4.69) is 82.7 Å². The van der Waals surface area contributed by atoms with Gasteiger partial charge in [-0.05, 0) is 52.6 Å². The van der Waals surface area contributed by atoms with Crippen LogP contribution in [0, 0.1) is 0 Å². The molecule has 0 spiro atoms. The smallest absolute Gasteiger partial charge is 0.119 e. The minimum Gasteiger partial charge on any atom is -0.497 e. The molecule has 0 aliphatic heterocycles. The van der Waals surface area contributed by atoms with Gasteiger partial charge < -0.3 is 9.47 Å². The molecule has 0 fully saturated rings. The molecule has 1 aromatic heterocycles. The van der Waals surface area contributed by atoms with Crippen LogP contribution in [-0.2, 0) is 0 Å². The normalized spacial score (nSPS) is 16.0. The van der Waals surface area contributed by atoms with Crippen LogP contribution in [0.15, 0.2) is 78.9 Å². The molecule has 0 amide bonds. The van der Waals surface area contributed by atoms with Crippen molar-refractivity contribution in [3.8, 4) is 11.5 Å². The van der Waals surface area contributed by atoms with Crippen LogP contribution < -0.4 is 9.47 Å². The summed E-state index contributed by atoms with van der Waals surface area (Å²) in [7, 11) is 3.41. The molecular weight excluding hydrogens is 474 g/mol. The number of hydrogen-bond acceptors (Lipinski definition) is 3. The van der Waals surface area contributed by atoms with Crippen molar-refractivity contribution in [1.29, 1.82) is 0 Å². The van der Waals surface area contributed by atoms with E-state index in [-0.39, 0.29) is 0 Å². The summed E-state index contributed by atoms with van der Waals surface area (Å²) in [5.74, 6) is 1.66. The molecule has 1 aliphatic rings. The number of halogens is 1. The lowest BCUT2D eigenvalue weighted by Gasteiger charge is -2.19. The summed E-state index contributed by atoms with van der Waals surface area (Å²) in [6.07, 6.45) is 7.49. The number of fused-ring (bicyclic) bond motifs is 6. The second-order valence-electron chi connectivity index (χ2n) is 8.38. The molecule has 1 unspecified atom stereocenters. The van der Waals surface area contributed by atoms with Gasteiger partial charge in [0.15, 0.2) is 0 Å². The fourth-order valence-corrected chi connectivity index (χ4v) is 5.42. The molecule has 33 heavy (non-hydrogen) atoms. The Hall–Kier alpha value is -3.37. The Morgan fingerprint density at radius 3 is 1.82 bits per heavy atom. The minimum atomic E-state index is 0.317. The van der Waals surface area contributed by atoms with Crippen LogP contribution in [0.2, 0.25) is 0 Å². The Kier molecular flexibility index (Phi) is 4.84. The minimum absolute atomic E-state index is 0.317. The number of methoxy groups -OCH3 is 2. The standard InChI is InChI=1S/C29H22BrNO2/c1-32-21-10-6-17-8-12-23-27(19-4-3-5-20(30)14-19)24-13-9-18-7-11-22(33-2)16-26(18)29(24)31-28(23)25(17)15-21/h3-13,15-16,20H,14H2,1-2H3. The number of benzene rings is 4. The van der Waals surface area contributed by atoms with E-state index >= 15 is 0 Å². The number of nitrogens with zero attached hydrogens (tertiary/aromatic N) is 1. The molecular formula is C29H22BrNO2. The zero-order valence-electron chi connectivity index (χ0n) is 18.4. The molecule has 0 saturated carbocycles. The van der Waals surface area contributed by atoms with Gasteiger partial charge in [0.1, 0.15) is 11.5 Å². The van der Waals surface area contributed by atoms with E-state index in [0.29, 0.717) is 4.83 Å². The number of pyridine rings is 1. The Balaban J connectivity index is 1.83. The molecule has 5 aromatic rings. The van der Waals surface area contributed by atoms with Crippen molar-refractivity contribution < 1.29 is 9.47 Å². The number of aromatic nitrogens is 1. The summed E-state index contributed by atoms with van der Waals surface area (Å²) in [6, 6.07) is 21.2. The first-order chi connectivity index (χ1) is 16.2. The van der Waals surface area contributed by atoms with Crippen LogP contribution in [0.4, 0.5) is 0 Å². The molecule has 1 heterocycles. The molecule has 4 aromatic carbocycles. The third kappa shape index (κ3) is 3.28. The van der Waals surface area contributed by atoms with E-state index in [0.717, 1.165) is 61.3 Å². The van der Waals surface area contributed by atoms with Crippen LogP contribution in [-0.4, -0.2) is 24.0 Å². The molecule has 6 rings (SSSR count). The number of hydrogen-bond donors (Lipinski definition) is 0. The number of alkyl halides is 1. The van der Waals surface area contributed by atoms with Gasteiger partial charge in [0.05, 0.1) is 25.3 Å². The first-order valence-electron chi connectivity index (χ1n) is 11.0. The van der Waals surface area contributed by atoms with Crippen molar-refractivity contribution in [2.45, 2.75) is 11.2 Å². The molecule has 4 heteroatoms. The first-order valence-corrected chi connectivity index (χ1v) is 11.9. The SMILES string of the molecule is COc1ccc2ccc3c(C4=CC=CC(Br)C4)c4ccc5ccc(OC)cc5c4nc3c2c1. The number of rotatable bonds is 3. The molecule has 0 N–H and O–H groups in total. The Bertz CT molecular complexity index is 1530. The zero-order valence-corrected chi connectivity index (χ0v) is 20.0. The highest BCUT2D eigenvalue weighted by atomic mass is 79.9. The highest BCUT2D eigenvalue weighted by Gasteiger charge is 2.19. The topological polar surface area (TPSA) is 31.4 Å². The van der Waals surface area contributed by atoms with Crippen molar-refractivity contribution in [2.75, 3.05) is 14.2 Å². The second kappa shape index (κ2) is 7.89. The summed E-state index contributed by atoms with van der Waals surface area (Å²) >= 11 is 3.80. The van der Waals surface area contributed by atoms with E-state index in [4.69, 9.17) is 14.5 Å². The van der Waals surface area contributed by atoms with Crippen LogP contribution in [0.5, 0.6) is 11.5 Å². The van der Waals surface area contributed by atoms with Gasteiger partial charge in [-0.3, -0.25) is 0 Å². The third-order valence-electron chi connectivity index (χ3n) is 6.52. The van der Waals surface area contributed by atoms with E-state index in [1.807, 2.05) is 12.1 Å². The van der Waals surface area contributed by atoms with E-state index in [1.54, 1.807) is 14.2 Å². The number of allylic oxidation sites excluding steroid dienone is 4. The summed E-state index contributed by atoms with van der Waals surface area (Å²) in [4.78, 5) is 5.61. The van der Waals surface area contributed by atoms with Crippen LogP contribution in [0.1, 0.15) is 12.0 Å². The molecule has 0 radical (unpaired) electrons. The average molecular weight is 496 g/mol. The highest BCUT2D eigenvalue weighted by molar-refractivity contribution is 9.09. The Morgan fingerprint density at radius 1 is 0.758 bits per heavy atom. The lowest BCUT2D eigenvalue weighted by molar-refractivity contribution is 0.415. The maximum Gasteiger partial charge on any atom is 0.119 e. The lowest BCUT2D eigenvalue weighted by Crippen LogP contribution is -2.02. The van der Waals surface area contributed by atoms with Crippen molar-refractivity contribution >= 4 is 64.9 Å². The summed E-state index contributed by atoms with van der Waals surface area (Å²) in [5.41, 5.74) is 4.54. The van der Waals surface area contributed by atoms with Crippen molar-refractivity contribution in [3.63, 3.8) is 0 Å². The van der Waals surface area contributed by atoms with Crippen LogP contribution in [0.25, 0.3) is 48.9 Å². The number of ether oxygens (including phenoxy) is 2. The highest BCUT2D eigenvalue weighted by Crippen LogP contribution is 2.41. The summed E-state index contributed by atoms with van der Waals surface area (Å²) in [6.45, 7) is 0. The molecule has 1 atom stereocenters. The average Bonchev–Trinajstić information content (AvgIpc) is 2.86. The second-order valence-corrected chi connectivity index (χ2v) is 9.56. The van der Waals surface area contributed by atoms with E-state index in [9.17, 15) is 0 Å². The third-order valence-corrected chi connectivity index (χ3v) is 7.15. The van der Waals surface area contributed by atoms with Crippen LogP contribution >= 0.6 is 15.9 Å². The van der Waals surface area contributed by atoms with E-state index in [1.165, 1.54) is 11.1 Å². The van der Waals surface area contributed by atoms with Gasteiger partial charge in [0.2, 0.25) is 0 Å². The predicted molar refractivity (Wildman–Crippen MR) is 142 cm³/mol. The van der Waals surface area contributed by atoms with Crippen molar-refractivity contribution in [1.82, 2.24) is 4.98 Å². The molecule has 162 valence electrons. The largest absolute Gasteiger partial charge is 0.497 e. The van der Waals surface area contributed by atoms with Gasteiger partial charge in [-0.2, -0.15) is 0 Å². The first kappa shape index (κ1) is 20.3. The van der Waals surface area contributed by atoms with Gasteiger partial charge in [0, 0.05) is 26.4 Å². The van der Waals surface area contributed by atoms with E-state index < -0.39 is 0 Å². The van der Waals surface area contributed by atoms with Crippen molar-refractivity contribution in [2.24, 2.45) is 0 Å². The quantitative estimate of drug-likeness (QED) is 0.145. The van der Waals surface area contributed by atoms with Gasteiger partial charge >= 0.3 is 0 Å². The molecule has 0 bridgehead atoms. The fraction of sp³-hybridized carbons (Fsp3) is 0.138. The molecule has 0 saturated heterocycles. The maximum absolute atomic E-state index is 5.55. The Labute approximate surface area is 200 Å². The fourth-order valence-electron chi connectivity index (χ4n) is 4.89. The van der Waals surface area contributed by atoms with Gasteiger partial charge in [0.25, 0.3) is 0 Å². The van der Waals surface area contributed by atoms with Gasteiger partial charge in [-0.25, -0.2) is 4.98 Å².